The first-order chi connectivity index (χ1) is 4.79. The molecule has 1 aliphatic rings. The zero-order chi connectivity index (χ0) is 7.40. The summed E-state index contributed by atoms with van der Waals surface area (Å²) in [6, 6.07) is 0. The van der Waals surface area contributed by atoms with Gasteiger partial charge in [-0.25, -0.2) is 0 Å². The maximum atomic E-state index is 10.5. The van der Waals surface area contributed by atoms with Crippen molar-refractivity contribution < 1.29 is 12.4 Å². The summed E-state index contributed by atoms with van der Waals surface area (Å²) < 4.78 is 5.05. The molecule has 1 saturated carbocycles. The van der Waals surface area contributed by atoms with Gasteiger partial charge >= 0.3 is 43.7 Å². The molecule has 0 aliphatic heterocycles. The standard InChI is InChI=1S/C8H14O2.Ca.ClH.2H/c1-7(9)10-8-5-3-2-4-6-8;;;;/h8H,2-6H2,1H3;;1H;;/q;+2;;2*-1. The van der Waals surface area contributed by atoms with Crippen LogP contribution in [0.15, 0.2) is 0 Å². The SMILES string of the molecule is CC(=O)OC1CCCCC1.Cl.[Ca+2].[H-].[H-]. The molecular weight excluding hydrogens is 204 g/mol. The Bertz CT molecular complexity index is 133. The number of hydrogen-bond donors (Lipinski definition) is 0. The molecular formula is C8H17CaClO2. The second-order valence-corrected chi connectivity index (χ2v) is 2.87. The van der Waals surface area contributed by atoms with Crippen LogP contribution in [0.2, 0.25) is 0 Å². The van der Waals surface area contributed by atoms with E-state index in [1.54, 1.807) is 0 Å². The summed E-state index contributed by atoms with van der Waals surface area (Å²) in [6.45, 7) is 1.48. The average molecular weight is 221 g/mol. The van der Waals surface area contributed by atoms with Gasteiger partial charge < -0.3 is 7.59 Å². The normalized spacial score (nSPS) is 17.1. The van der Waals surface area contributed by atoms with Crippen LogP contribution in [0.1, 0.15) is 41.9 Å². The number of carbonyl (C=O) groups is 1. The van der Waals surface area contributed by atoms with Gasteiger partial charge in [0.1, 0.15) is 6.10 Å². The van der Waals surface area contributed by atoms with E-state index in [2.05, 4.69) is 0 Å². The first-order valence-corrected chi connectivity index (χ1v) is 3.96. The fourth-order valence-corrected chi connectivity index (χ4v) is 1.42. The summed E-state index contributed by atoms with van der Waals surface area (Å²) in [6.07, 6.45) is 6.11. The van der Waals surface area contributed by atoms with E-state index in [1.165, 1.54) is 26.2 Å². The van der Waals surface area contributed by atoms with Gasteiger partial charge in [0.2, 0.25) is 0 Å². The van der Waals surface area contributed by atoms with Crippen LogP contribution in [0.4, 0.5) is 0 Å². The molecule has 0 N–H and O–H groups in total. The van der Waals surface area contributed by atoms with Gasteiger partial charge in [0, 0.05) is 6.92 Å². The van der Waals surface area contributed by atoms with Crippen LogP contribution in [-0.4, -0.2) is 49.8 Å². The Labute approximate surface area is 113 Å². The predicted molar refractivity (Wildman–Crippen MR) is 53.9 cm³/mol. The molecule has 0 radical (unpaired) electrons. The molecule has 12 heavy (non-hydrogen) atoms. The monoisotopic (exact) mass is 220 g/mol. The summed E-state index contributed by atoms with van der Waals surface area (Å²) in [5.41, 5.74) is 0. The fraction of sp³-hybridized carbons (Fsp3) is 0.875. The van der Waals surface area contributed by atoms with Gasteiger partial charge in [-0.3, -0.25) is 4.79 Å². The number of hydrogen-bond acceptors (Lipinski definition) is 2. The van der Waals surface area contributed by atoms with Crippen LogP contribution >= 0.6 is 12.4 Å². The second-order valence-electron chi connectivity index (χ2n) is 2.87. The molecule has 0 aromatic heterocycles. The Morgan fingerprint density at radius 1 is 1.33 bits per heavy atom. The molecule has 4 heteroatoms. The van der Waals surface area contributed by atoms with Gasteiger partial charge in [-0.05, 0) is 25.7 Å². The Morgan fingerprint density at radius 2 is 1.83 bits per heavy atom. The molecule has 0 spiro atoms. The summed E-state index contributed by atoms with van der Waals surface area (Å²) in [5, 5.41) is 0. The van der Waals surface area contributed by atoms with Crippen molar-refractivity contribution in [2.24, 2.45) is 0 Å². The zero-order valence-electron chi connectivity index (χ0n) is 9.54. The molecule has 2 nitrogen and oxygen atoms in total. The van der Waals surface area contributed by atoms with Crippen molar-refractivity contribution in [1.29, 1.82) is 0 Å². The third-order valence-corrected chi connectivity index (χ3v) is 1.88. The van der Waals surface area contributed by atoms with Gasteiger partial charge in [0.05, 0.1) is 0 Å². The summed E-state index contributed by atoms with van der Waals surface area (Å²) in [4.78, 5) is 10.5. The number of rotatable bonds is 1. The fourth-order valence-electron chi connectivity index (χ4n) is 1.42. The number of carbonyl (C=O) groups excluding carboxylic acids is 1. The second kappa shape index (κ2) is 8.61. The average Bonchev–Trinajstić information content (AvgIpc) is 1.88. The molecule has 70 valence electrons. The van der Waals surface area contributed by atoms with Crippen LogP contribution in [0.25, 0.3) is 0 Å². The van der Waals surface area contributed by atoms with Gasteiger partial charge in [0.25, 0.3) is 0 Å². The van der Waals surface area contributed by atoms with E-state index in [1.807, 2.05) is 0 Å². The van der Waals surface area contributed by atoms with Crippen LogP contribution in [-0.2, 0) is 9.53 Å². The number of halogens is 1. The molecule has 0 bridgehead atoms. The van der Waals surface area contributed by atoms with Crippen LogP contribution < -0.4 is 0 Å². The van der Waals surface area contributed by atoms with Crippen LogP contribution in [0, 0.1) is 0 Å². The Morgan fingerprint density at radius 3 is 2.25 bits per heavy atom. The van der Waals surface area contributed by atoms with Crippen LogP contribution in [0.5, 0.6) is 0 Å². The van der Waals surface area contributed by atoms with E-state index in [9.17, 15) is 4.79 Å². The van der Waals surface area contributed by atoms with Gasteiger partial charge in [-0.15, -0.1) is 12.4 Å². The Balaban J connectivity index is -0.000000125. The minimum absolute atomic E-state index is 0. The topological polar surface area (TPSA) is 26.3 Å². The molecule has 0 saturated heterocycles. The zero-order valence-corrected chi connectivity index (χ0v) is 10.6. The quantitative estimate of drug-likeness (QED) is 0.500. The van der Waals surface area contributed by atoms with E-state index in [-0.39, 0.29) is 65.1 Å². The molecule has 1 fully saturated rings. The largest absolute Gasteiger partial charge is 2.00 e. The molecule has 0 aromatic carbocycles. The van der Waals surface area contributed by atoms with E-state index in [0.717, 1.165) is 12.8 Å². The van der Waals surface area contributed by atoms with Crippen molar-refractivity contribution in [3.63, 3.8) is 0 Å². The molecule has 0 heterocycles. The van der Waals surface area contributed by atoms with Crippen molar-refractivity contribution >= 4 is 56.1 Å². The van der Waals surface area contributed by atoms with Gasteiger partial charge in [0.15, 0.2) is 0 Å². The van der Waals surface area contributed by atoms with E-state index >= 15 is 0 Å². The number of esters is 1. The number of ether oxygens (including phenoxy) is 1. The Hall–Kier alpha value is 1.02. The maximum Gasteiger partial charge on any atom is 2.00 e. The Kier molecular flexibility index (Phi) is 11.1. The van der Waals surface area contributed by atoms with Crippen molar-refractivity contribution in [2.75, 3.05) is 0 Å². The maximum absolute atomic E-state index is 10.5. The molecule has 0 aromatic rings. The van der Waals surface area contributed by atoms with Gasteiger partial charge in [-0.2, -0.15) is 0 Å². The van der Waals surface area contributed by atoms with Crippen molar-refractivity contribution in [1.82, 2.24) is 0 Å². The third kappa shape index (κ3) is 6.53. The van der Waals surface area contributed by atoms with Crippen molar-refractivity contribution in [3.8, 4) is 0 Å². The minimum atomic E-state index is -0.132. The van der Waals surface area contributed by atoms with Crippen molar-refractivity contribution in [3.05, 3.63) is 0 Å². The van der Waals surface area contributed by atoms with E-state index < -0.39 is 0 Å². The minimum Gasteiger partial charge on any atom is -1.00 e. The molecule has 1 aliphatic carbocycles. The van der Waals surface area contributed by atoms with Crippen molar-refractivity contribution in [2.45, 2.75) is 45.1 Å². The molecule has 0 amide bonds. The summed E-state index contributed by atoms with van der Waals surface area (Å²) in [7, 11) is 0. The predicted octanol–water partition coefficient (Wildman–Crippen LogP) is 2.15. The first kappa shape index (κ1) is 15.5. The molecule has 1 rings (SSSR count). The van der Waals surface area contributed by atoms with Gasteiger partial charge in [-0.1, -0.05) is 6.42 Å². The molecule has 0 unspecified atom stereocenters. The van der Waals surface area contributed by atoms with E-state index in [4.69, 9.17) is 4.74 Å². The summed E-state index contributed by atoms with van der Waals surface area (Å²) in [5.74, 6) is -0.132. The van der Waals surface area contributed by atoms with E-state index in [0.29, 0.717) is 0 Å². The first-order valence-electron chi connectivity index (χ1n) is 3.96. The van der Waals surface area contributed by atoms with Crippen LogP contribution in [0.3, 0.4) is 0 Å². The smallest absolute Gasteiger partial charge is 1.00 e. The molecule has 0 atom stereocenters. The summed E-state index contributed by atoms with van der Waals surface area (Å²) >= 11 is 0. The third-order valence-electron chi connectivity index (χ3n) is 1.88.